The third kappa shape index (κ3) is 6.81. The number of carbonyl (C=O) groups is 1. The minimum atomic E-state index is -4.62. The van der Waals surface area contributed by atoms with E-state index >= 15 is 0 Å². The number of hydrogen-bond acceptors (Lipinski definition) is 8. The number of amides is 1. The summed E-state index contributed by atoms with van der Waals surface area (Å²) in [4.78, 5) is 16.9. The van der Waals surface area contributed by atoms with Gasteiger partial charge in [-0.2, -0.15) is 23.5 Å². The third-order valence-electron chi connectivity index (χ3n) is 7.79. The molecule has 0 aromatic carbocycles. The number of ether oxygens (including phenoxy) is 1. The predicted octanol–water partition coefficient (Wildman–Crippen LogP) is 3.05. The third-order valence-corrected chi connectivity index (χ3v) is 9.44. The van der Waals surface area contributed by atoms with E-state index in [0.29, 0.717) is 17.7 Å². The molecule has 0 spiro atoms. The summed E-state index contributed by atoms with van der Waals surface area (Å²) in [5, 5.41) is 27.8. The second-order valence-corrected chi connectivity index (χ2v) is 13.5. The first-order valence-electron chi connectivity index (χ1n) is 13.1. The first-order valence-corrected chi connectivity index (χ1v) is 14.9. The van der Waals surface area contributed by atoms with Crippen LogP contribution in [-0.2, 0) is 27.5 Å². The number of aliphatic hydroxyl groups is 1. The van der Waals surface area contributed by atoms with Crippen molar-refractivity contribution < 1.29 is 40.6 Å². The highest BCUT2D eigenvalue weighted by Crippen LogP contribution is 2.39. The molecule has 2 N–H and O–H groups in total. The van der Waals surface area contributed by atoms with Crippen LogP contribution in [0.25, 0.3) is 11.3 Å². The fourth-order valence-electron chi connectivity index (χ4n) is 5.02. The van der Waals surface area contributed by atoms with Crippen LogP contribution in [0, 0.1) is 23.1 Å². The Hall–Kier alpha value is -3.25. The van der Waals surface area contributed by atoms with Crippen molar-refractivity contribution in [3.05, 3.63) is 29.3 Å². The molecule has 224 valence electrons. The van der Waals surface area contributed by atoms with E-state index < -0.39 is 63.3 Å². The fourth-order valence-corrected chi connectivity index (χ4v) is 6.54. The van der Waals surface area contributed by atoms with Crippen molar-refractivity contribution in [3.63, 3.8) is 0 Å². The number of alkyl halides is 3. The van der Waals surface area contributed by atoms with Crippen molar-refractivity contribution in [3.8, 4) is 23.2 Å². The number of sulfone groups is 1. The van der Waals surface area contributed by atoms with Crippen molar-refractivity contribution in [2.24, 2.45) is 5.92 Å². The molecule has 1 unspecified atom stereocenters. The number of carbonyl (C=O) groups excluding carboxylic acids is 1. The molecule has 2 aromatic heterocycles. The Labute approximate surface area is 234 Å². The first kappa shape index (κ1) is 30.7. The minimum absolute atomic E-state index is 0.0204. The van der Waals surface area contributed by atoms with Crippen LogP contribution in [0.1, 0.15) is 57.3 Å². The zero-order valence-electron chi connectivity index (χ0n) is 22.8. The Balaban J connectivity index is 1.67. The summed E-state index contributed by atoms with van der Waals surface area (Å²) in [6, 6.07) is 2.46. The molecule has 1 saturated heterocycles. The van der Waals surface area contributed by atoms with E-state index in [0.717, 1.165) is 12.3 Å². The van der Waals surface area contributed by atoms with Crippen LogP contribution in [0.15, 0.2) is 12.3 Å². The molecule has 1 aliphatic carbocycles. The number of nitriles is 1. The average molecular weight is 602 g/mol. The van der Waals surface area contributed by atoms with Gasteiger partial charge in [0.15, 0.2) is 22.3 Å². The molecule has 3 heterocycles. The Morgan fingerprint density at radius 2 is 2.00 bits per heavy atom. The quantitative estimate of drug-likeness (QED) is 0.461. The largest absolute Gasteiger partial charge is 0.468 e. The molecule has 0 radical (unpaired) electrons. The van der Waals surface area contributed by atoms with E-state index in [1.807, 2.05) is 0 Å². The summed E-state index contributed by atoms with van der Waals surface area (Å²) in [5.41, 5.74) is -1.49. The lowest BCUT2D eigenvalue weighted by Crippen LogP contribution is -2.54. The average Bonchev–Trinajstić information content (AvgIpc) is 3.26. The van der Waals surface area contributed by atoms with E-state index in [4.69, 9.17) is 4.74 Å². The van der Waals surface area contributed by atoms with Crippen LogP contribution in [-0.4, -0.2) is 69.6 Å². The number of aromatic nitrogens is 3. The Morgan fingerprint density at radius 1 is 1.34 bits per heavy atom. The van der Waals surface area contributed by atoms with E-state index in [2.05, 4.69) is 21.5 Å². The molecule has 15 heteroatoms. The summed E-state index contributed by atoms with van der Waals surface area (Å²) in [6.07, 6.45) is -3.26. The van der Waals surface area contributed by atoms with Crippen LogP contribution in [0.2, 0.25) is 0 Å². The molecule has 2 aliphatic rings. The van der Waals surface area contributed by atoms with Gasteiger partial charge in [0, 0.05) is 35.2 Å². The monoisotopic (exact) mass is 601 g/mol. The number of nitrogens with zero attached hydrogens (tertiary/aromatic N) is 4. The van der Waals surface area contributed by atoms with Crippen LogP contribution in [0.5, 0.6) is 5.88 Å². The van der Waals surface area contributed by atoms with Gasteiger partial charge in [-0.25, -0.2) is 17.8 Å². The van der Waals surface area contributed by atoms with Crippen LogP contribution < -0.4 is 10.1 Å². The van der Waals surface area contributed by atoms with Gasteiger partial charge in [-0.15, -0.1) is 0 Å². The SMILES string of the molecule is CC(n1nc(-c2cc(OCC(F)(F)F)ncc2F)c2c1C[C@H](C(=O)NC1(C#N)CCS(=O)(=O)CC1)CC2)C(C)(C)O. The Kier molecular flexibility index (Phi) is 8.14. The van der Waals surface area contributed by atoms with Crippen molar-refractivity contribution >= 4 is 15.7 Å². The molecule has 2 aromatic rings. The molecular formula is C26H31F4N5O5S. The Morgan fingerprint density at radius 3 is 2.59 bits per heavy atom. The van der Waals surface area contributed by atoms with Gasteiger partial charge >= 0.3 is 6.18 Å². The summed E-state index contributed by atoms with van der Waals surface area (Å²) in [5.74, 6) is -2.75. The van der Waals surface area contributed by atoms with Crippen molar-refractivity contribution in [1.29, 1.82) is 5.26 Å². The van der Waals surface area contributed by atoms with E-state index in [-0.39, 0.29) is 48.4 Å². The number of rotatable bonds is 7. The highest BCUT2D eigenvalue weighted by molar-refractivity contribution is 7.91. The molecule has 10 nitrogen and oxygen atoms in total. The predicted molar refractivity (Wildman–Crippen MR) is 138 cm³/mol. The number of hydrogen-bond donors (Lipinski definition) is 2. The van der Waals surface area contributed by atoms with Gasteiger partial charge in [0.2, 0.25) is 11.8 Å². The maximum Gasteiger partial charge on any atom is 0.422 e. The summed E-state index contributed by atoms with van der Waals surface area (Å²) >= 11 is 0. The summed E-state index contributed by atoms with van der Waals surface area (Å²) in [6.45, 7) is 3.19. The molecule has 4 rings (SSSR count). The highest BCUT2D eigenvalue weighted by Gasteiger charge is 2.42. The molecule has 41 heavy (non-hydrogen) atoms. The second-order valence-electron chi connectivity index (χ2n) is 11.2. The van der Waals surface area contributed by atoms with Crippen molar-refractivity contribution in [2.45, 2.75) is 76.2 Å². The molecule has 1 aliphatic heterocycles. The van der Waals surface area contributed by atoms with Gasteiger partial charge in [-0.3, -0.25) is 9.48 Å². The number of nitrogens with one attached hydrogen (secondary N) is 1. The molecule has 0 saturated carbocycles. The molecular weight excluding hydrogens is 570 g/mol. The number of fused-ring (bicyclic) bond motifs is 1. The molecule has 1 fully saturated rings. The summed E-state index contributed by atoms with van der Waals surface area (Å²) < 4.78 is 82.9. The normalized spacial score (nSPS) is 20.9. The second kappa shape index (κ2) is 10.9. The van der Waals surface area contributed by atoms with Gasteiger partial charge in [-0.05, 0) is 46.5 Å². The molecule has 0 bridgehead atoms. The van der Waals surface area contributed by atoms with Crippen molar-refractivity contribution in [1.82, 2.24) is 20.1 Å². The maximum atomic E-state index is 15.0. The molecule has 1 amide bonds. The summed E-state index contributed by atoms with van der Waals surface area (Å²) in [7, 11) is -3.27. The van der Waals surface area contributed by atoms with Gasteiger partial charge in [0.25, 0.3) is 0 Å². The van der Waals surface area contributed by atoms with E-state index in [1.165, 1.54) is 4.68 Å². The van der Waals surface area contributed by atoms with Crippen LogP contribution in [0.4, 0.5) is 17.6 Å². The van der Waals surface area contributed by atoms with Gasteiger partial charge in [-0.1, -0.05) is 0 Å². The minimum Gasteiger partial charge on any atom is -0.468 e. The lowest BCUT2D eigenvalue weighted by molar-refractivity contribution is -0.154. The van der Waals surface area contributed by atoms with Gasteiger partial charge < -0.3 is 15.2 Å². The number of pyridine rings is 1. The van der Waals surface area contributed by atoms with Gasteiger partial charge in [0.1, 0.15) is 5.54 Å². The first-order chi connectivity index (χ1) is 18.9. The van der Waals surface area contributed by atoms with Crippen molar-refractivity contribution in [2.75, 3.05) is 18.1 Å². The lowest BCUT2D eigenvalue weighted by atomic mass is 9.83. The standard InChI is InChI=1S/C26H31F4N5O5S/c1-15(24(2,3)37)35-20-10-16(23(36)33-25(13-31)6-8-41(38,39)9-7-25)4-5-17(20)22(34-35)18-11-21(32-12-19(18)27)40-14-26(28,29)30/h11-12,15-16,37H,4-10,14H2,1-3H3,(H,33,36)/t15?,16-/m1/s1. The zero-order valence-corrected chi connectivity index (χ0v) is 23.6. The highest BCUT2D eigenvalue weighted by atomic mass is 32.2. The van der Waals surface area contributed by atoms with Crippen LogP contribution in [0.3, 0.4) is 0 Å². The van der Waals surface area contributed by atoms with Crippen LogP contribution >= 0.6 is 0 Å². The lowest BCUT2D eigenvalue weighted by Gasteiger charge is -2.34. The zero-order chi connectivity index (χ0) is 30.4. The maximum absolute atomic E-state index is 15.0. The fraction of sp³-hybridized carbons (Fsp3) is 0.615. The smallest absolute Gasteiger partial charge is 0.422 e. The molecule has 2 atom stereocenters. The van der Waals surface area contributed by atoms with E-state index in [1.54, 1.807) is 20.8 Å². The Bertz CT molecular complexity index is 1460. The van der Waals surface area contributed by atoms with Gasteiger partial charge in [0.05, 0.1) is 41.1 Å². The topological polar surface area (TPSA) is 147 Å². The van der Waals surface area contributed by atoms with E-state index in [9.17, 15) is 41.1 Å². The number of halogens is 4.